The molecule has 0 aliphatic carbocycles. The van der Waals surface area contributed by atoms with Crippen LogP contribution in [0.4, 0.5) is 0 Å². The minimum Gasteiger partial charge on any atom is -0.384 e. The molecule has 0 heterocycles. The summed E-state index contributed by atoms with van der Waals surface area (Å²) in [5, 5.41) is 9.64. The number of carbonyl (C=O) groups is 1. The van der Waals surface area contributed by atoms with Gasteiger partial charge in [0.05, 0.1) is 0 Å². The highest BCUT2D eigenvalue weighted by atomic mass is 16.3. The number of rotatable bonds is 3. The van der Waals surface area contributed by atoms with Crippen LogP contribution in [0.1, 0.15) is 18.6 Å². The van der Waals surface area contributed by atoms with Crippen molar-refractivity contribution in [1.29, 1.82) is 0 Å². The fourth-order valence-corrected chi connectivity index (χ4v) is 1.03. The van der Waals surface area contributed by atoms with Crippen LogP contribution >= 0.6 is 0 Å². The van der Waals surface area contributed by atoms with E-state index in [0.717, 1.165) is 0 Å². The molecule has 1 aromatic rings. The number of aliphatic hydroxyl groups excluding tert-OH is 1. The summed E-state index contributed by atoms with van der Waals surface area (Å²) in [5.74, 6) is -0.184. The topological polar surface area (TPSA) is 37.3 Å². The minimum absolute atomic E-state index is 0.184. The lowest BCUT2D eigenvalue weighted by molar-refractivity contribution is -0.114. The summed E-state index contributed by atoms with van der Waals surface area (Å²) in [6.45, 7) is 4.93. The van der Waals surface area contributed by atoms with Gasteiger partial charge in [0.1, 0.15) is 6.10 Å². The van der Waals surface area contributed by atoms with Crippen LogP contribution in [0.25, 0.3) is 0 Å². The third-order valence-electron chi connectivity index (χ3n) is 1.90. The van der Waals surface area contributed by atoms with Gasteiger partial charge in [-0.15, -0.1) is 0 Å². The largest absolute Gasteiger partial charge is 0.384 e. The SMILES string of the molecule is C=C(C(C)=O)C(O)c1ccccc1. The maximum absolute atomic E-state index is 10.9. The molecule has 1 aromatic carbocycles. The van der Waals surface area contributed by atoms with Gasteiger partial charge in [0, 0.05) is 5.57 Å². The molecule has 2 heteroatoms. The first kappa shape index (κ1) is 9.68. The molecule has 0 bridgehead atoms. The summed E-state index contributed by atoms with van der Waals surface area (Å²) in [4.78, 5) is 10.9. The number of carbonyl (C=O) groups excluding carboxylic acids is 1. The van der Waals surface area contributed by atoms with E-state index in [1.54, 1.807) is 12.1 Å². The Balaban J connectivity index is 2.86. The van der Waals surface area contributed by atoms with Crippen molar-refractivity contribution < 1.29 is 9.90 Å². The maximum Gasteiger partial charge on any atom is 0.158 e. The van der Waals surface area contributed by atoms with Gasteiger partial charge >= 0.3 is 0 Å². The van der Waals surface area contributed by atoms with Crippen LogP contribution in [0.5, 0.6) is 0 Å². The van der Waals surface area contributed by atoms with Crippen LogP contribution in [0, 0.1) is 0 Å². The normalized spacial score (nSPS) is 12.2. The molecule has 1 atom stereocenters. The quantitative estimate of drug-likeness (QED) is 0.714. The van der Waals surface area contributed by atoms with Crippen molar-refractivity contribution in [2.45, 2.75) is 13.0 Å². The summed E-state index contributed by atoms with van der Waals surface area (Å²) in [7, 11) is 0. The van der Waals surface area contributed by atoms with Crippen molar-refractivity contribution >= 4 is 5.78 Å². The molecule has 0 amide bonds. The fourth-order valence-electron chi connectivity index (χ4n) is 1.03. The van der Waals surface area contributed by atoms with Gasteiger partial charge in [-0.3, -0.25) is 4.79 Å². The van der Waals surface area contributed by atoms with Gasteiger partial charge in [-0.25, -0.2) is 0 Å². The second kappa shape index (κ2) is 4.01. The van der Waals surface area contributed by atoms with E-state index in [1.165, 1.54) is 6.92 Å². The summed E-state index contributed by atoms with van der Waals surface area (Å²) in [6.07, 6.45) is -0.876. The van der Waals surface area contributed by atoms with Crippen LogP contribution < -0.4 is 0 Å². The minimum atomic E-state index is -0.876. The molecular weight excluding hydrogens is 164 g/mol. The first-order chi connectivity index (χ1) is 6.13. The molecule has 68 valence electrons. The maximum atomic E-state index is 10.9. The molecule has 1 unspecified atom stereocenters. The van der Waals surface area contributed by atoms with Crippen molar-refractivity contribution in [2.24, 2.45) is 0 Å². The molecule has 0 radical (unpaired) electrons. The second-order valence-electron chi connectivity index (χ2n) is 2.89. The monoisotopic (exact) mass is 176 g/mol. The molecule has 13 heavy (non-hydrogen) atoms. The van der Waals surface area contributed by atoms with Gasteiger partial charge in [-0.1, -0.05) is 36.9 Å². The van der Waals surface area contributed by atoms with E-state index < -0.39 is 6.10 Å². The third kappa shape index (κ3) is 2.26. The predicted octanol–water partition coefficient (Wildman–Crippen LogP) is 1.87. The third-order valence-corrected chi connectivity index (χ3v) is 1.90. The number of hydrogen-bond donors (Lipinski definition) is 1. The van der Waals surface area contributed by atoms with E-state index >= 15 is 0 Å². The summed E-state index contributed by atoms with van der Waals surface area (Å²) < 4.78 is 0. The molecule has 0 fully saturated rings. The summed E-state index contributed by atoms with van der Waals surface area (Å²) >= 11 is 0. The van der Waals surface area contributed by atoms with E-state index in [4.69, 9.17) is 0 Å². The molecule has 0 spiro atoms. The fraction of sp³-hybridized carbons (Fsp3) is 0.182. The summed E-state index contributed by atoms with van der Waals surface area (Å²) in [6, 6.07) is 9.00. The van der Waals surface area contributed by atoms with Crippen LogP contribution in [0.3, 0.4) is 0 Å². The Morgan fingerprint density at radius 3 is 2.38 bits per heavy atom. The number of benzene rings is 1. The number of Topliss-reactive ketones (excluding diaryl/α,β-unsaturated/α-hetero) is 1. The second-order valence-corrected chi connectivity index (χ2v) is 2.89. The Bertz CT molecular complexity index is 314. The standard InChI is InChI=1S/C11H12O2/c1-8(9(2)12)11(13)10-6-4-3-5-7-10/h3-7,11,13H,1H2,2H3. The highest BCUT2D eigenvalue weighted by Gasteiger charge is 2.13. The Hall–Kier alpha value is -1.41. The lowest BCUT2D eigenvalue weighted by Crippen LogP contribution is -2.06. The van der Waals surface area contributed by atoms with E-state index in [-0.39, 0.29) is 11.4 Å². The Kier molecular flexibility index (Phi) is 2.98. The van der Waals surface area contributed by atoms with Gasteiger partial charge in [0.2, 0.25) is 0 Å². The van der Waals surface area contributed by atoms with Crippen molar-refractivity contribution in [3.8, 4) is 0 Å². The van der Waals surface area contributed by atoms with Crippen molar-refractivity contribution in [2.75, 3.05) is 0 Å². The molecule has 0 saturated carbocycles. The Morgan fingerprint density at radius 2 is 1.92 bits per heavy atom. The number of ketones is 1. The zero-order chi connectivity index (χ0) is 9.84. The molecule has 0 aromatic heterocycles. The van der Waals surface area contributed by atoms with Gasteiger partial charge < -0.3 is 5.11 Å². The molecule has 2 nitrogen and oxygen atoms in total. The predicted molar refractivity (Wildman–Crippen MR) is 51.2 cm³/mol. The Morgan fingerprint density at radius 1 is 1.38 bits per heavy atom. The van der Waals surface area contributed by atoms with Crippen LogP contribution in [0.15, 0.2) is 42.5 Å². The first-order valence-electron chi connectivity index (χ1n) is 4.05. The van der Waals surface area contributed by atoms with E-state index in [1.807, 2.05) is 18.2 Å². The smallest absolute Gasteiger partial charge is 0.158 e. The lowest BCUT2D eigenvalue weighted by atomic mass is 10.0. The van der Waals surface area contributed by atoms with Crippen molar-refractivity contribution in [1.82, 2.24) is 0 Å². The van der Waals surface area contributed by atoms with E-state index in [2.05, 4.69) is 6.58 Å². The van der Waals surface area contributed by atoms with Gasteiger partial charge in [0.15, 0.2) is 5.78 Å². The highest BCUT2D eigenvalue weighted by molar-refractivity contribution is 5.93. The van der Waals surface area contributed by atoms with Crippen molar-refractivity contribution in [3.63, 3.8) is 0 Å². The molecule has 0 saturated heterocycles. The zero-order valence-corrected chi connectivity index (χ0v) is 7.53. The average molecular weight is 176 g/mol. The molecular formula is C11H12O2. The van der Waals surface area contributed by atoms with E-state index in [0.29, 0.717) is 5.56 Å². The summed E-state index contributed by atoms with van der Waals surface area (Å²) in [5.41, 5.74) is 0.925. The van der Waals surface area contributed by atoms with Crippen LogP contribution in [-0.2, 0) is 4.79 Å². The van der Waals surface area contributed by atoms with Gasteiger partial charge in [0.25, 0.3) is 0 Å². The zero-order valence-electron chi connectivity index (χ0n) is 7.53. The van der Waals surface area contributed by atoms with Crippen LogP contribution in [0.2, 0.25) is 0 Å². The highest BCUT2D eigenvalue weighted by Crippen LogP contribution is 2.19. The molecule has 1 rings (SSSR count). The first-order valence-corrected chi connectivity index (χ1v) is 4.05. The molecule has 0 aliphatic heterocycles. The number of hydrogen-bond acceptors (Lipinski definition) is 2. The van der Waals surface area contributed by atoms with Gasteiger partial charge in [-0.05, 0) is 12.5 Å². The molecule has 1 N–H and O–H groups in total. The number of aliphatic hydroxyl groups is 1. The Labute approximate surface area is 77.5 Å². The van der Waals surface area contributed by atoms with Crippen molar-refractivity contribution in [3.05, 3.63) is 48.0 Å². The lowest BCUT2D eigenvalue weighted by Gasteiger charge is -2.10. The van der Waals surface area contributed by atoms with Crippen LogP contribution in [-0.4, -0.2) is 10.9 Å². The molecule has 0 aliphatic rings. The van der Waals surface area contributed by atoms with E-state index in [9.17, 15) is 9.90 Å². The average Bonchev–Trinajstić information content (AvgIpc) is 2.17. The van der Waals surface area contributed by atoms with Gasteiger partial charge in [-0.2, -0.15) is 0 Å².